The molecule has 0 saturated carbocycles. The van der Waals surface area contributed by atoms with E-state index in [1.807, 2.05) is 12.1 Å². The minimum atomic E-state index is -0.207. The molecule has 0 aliphatic carbocycles. The number of methoxy groups -OCH3 is 1. The average Bonchev–Trinajstić information content (AvgIpc) is 2.46. The third-order valence-corrected chi connectivity index (χ3v) is 3.94. The minimum absolute atomic E-state index is 0.115. The van der Waals surface area contributed by atoms with E-state index >= 15 is 0 Å². The van der Waals surface area contributed by atoms with E-state index in [1.165, 1.54) is 0 Å². The number of ether oxygens (including phenoxy) is 1. The van der Waals surface area contributed by atoms with E-state index in [9.17, 15) is 4.79 Å². The zero-order valence-corrected chi connectivity index (χ0v) is 15.3. The van der Waals surface area contributed by atoms with Crippen molar-refractivity contribution in [3.05, 3.63) is 52.0 Å². The summed E-state index contributed by atoms with van der Waals surface area (Å²) in [4.78, 5) is 12.4. The zero-order chi connectivity index (χ0) is 17.2. The van der Waals surface area contributed by atoms with Crippen molar-refractivity contribution < 1.29 is 9.53 Å². The molecule has 0 aromatic heterocycles. The molecule has 3 N–H and O–H groups in total. The summed E-state index contributed by atoms with van der Waals surface area (Å²) in [6.07, 6.45) is 0. The number of amides is 1. The van der Waals surface area contributed by atoms with Gasteiger partial charge in [-0.1, -0.05) is 36.7 Å². The molecule has 122 valence electrons. The van der Waals surface area contributed by atoms with Gasteiger partial charge in [-0.3, -0.25) is 4.79 Å². The molecular weight excluding hydrogens is 356 g/mol. The Hall–Kier alpha value is -2.01. The van der Waals surface area contributed by atoms with Crippen molar-refractivity contribution in [1.82, 2.24) is 0 Å². The highest BCUT2D eigenvalue weighted by Crippen LogP contribution is 2.39. The van der Waals surface area contributed by atoms with Crippen LogP contribution in [-0.2, 0) is 5.41 Å². The molecule has 0 aliphatic rings. The molecule has 2 aromatic carbocycles. The molecule has 0 heterocycles. The monoisotopic (exact) mass is 376 g/mol. The highest BCUT2D eigenvalue weighted by atomic mass is 79.9. The van der Waals surface area contributed by atoms with Crippen LogP contribution in [0.5, 0.6) is 5.75 Å². The van der Waals surface area contributed by atoms with Crippen LogP contribution in [0.2, 0.25) is 0 Å². The molecule has 4 nitrogen and oxygen atoms in total. The molecule has 1 amide bonds. The maximum Gasteiger partial charge on any atom is 0.255 e. The Labute approximate surface area is 145 Å². The molecule has 0 bridgehead atoms. The zero-order valence-electron chi connectivity index (χ0n) is 13.7. The van der Waals surface area contributed by atoms with Gasteiger partial charge in [0.15, 0.2) is 0 Å². The summed E-state index contributed by atoms with van der Waals surface area (Å²) in [7, 11) is 1.61. The van der Waals surface area contributed by atoms with Crippen molar-refractivity contribution in [2.24, 2.45) is 0 Å². The van der Waals surface area contributed by atoms with E-state index in [1.54, 1.807) is 31.4 Å². The molecule has 0 spiro atoms. The highest BCUT2D eigenvalue weighted by Gasteiger charge is 2.23. The van der Waals surface area contributed by atoms with Crippen LogP contribution in [-0.4, -0.2) is 13.0 Å². The molecule has 2 aromatic rings. The van der Waals surface area contributed by atoms with Crippen molar-refractivity contribution in [3.8, 4) is 5.75 Å². The van der Waals surface area contributed by atoms with Crippen molar-refractivity contribution in [1.29, 1.82) is 0 Å². The fourth-order valence-corrected chi connectivity index (χ4v) is 2.75. The number of anilines is 2. The Morgan fingerprint density at radius 1 is 1.17 bits per heavy atom. The number of rotatable bonds is 3. The third kappa shape index (κ3) is 4.05. The maximum atomic E-state index is 12.4. The highest BCUT2D eigenvalue weighted by molar-refractivity contribution is 9.10. The van der Waals surface area contributed by atoms with E-state index in [-0.39, 0.29) is 11.3 Å². The summed E-state index contributed by atoms with van der Waals surface area (Å²) >= 11 is 3.50. The first-order chi connectivity index (χ1) is 10.7. The van der Waals surface area contributed by atoms with Crippen LogP contribution in [0.25, 0.3) is 0 Å². The fraction of sp³-hybridized carbons (Fsp3) is 0.278. The predicted octanol–water partition coefficient (Wildman–Crippen LogP) is 4.59. The van der Waals surface area contributed by atoms with Gasteiger partial charge in [0.05, 0.1) is 12.8 Å². The van der Waals surface area contributed by atoms with Crippen molar-refractivity contribution in [2.75, 3.05) is 18.2 Å². The summed E-state index contributed by atoms with van der Waals surface area (Å²) in [6.45, 7) is 6.30. The number of benzene rings is 2. The topological polar surface area (TPSA) is 64.3 Å². The van der Waals surface area contributed by atoms with Crippen molar-refractivity contribution in [2.45, 2.75) is 26.2 Å². The fourth-order valence-electron chi connectivity index (χ4n) is 2.29. The van der Waals surface area contributed by atoms with Crippen LogP contribution in [0.1, 0.15) is 36.7 Å². The lowest BCUT2D eigenvalue weighted by molar-refractivity contribution is 0.102. The standard InChI is InChI=1S/C18H21BrN2O2/c1-18(2,3)14-9-12(19)10-15(16(14)23-4)21-17(22)11-5-7-13(20)8-6-11/h5-10H,20H2,1-4H3,(H,21,22). The first-order valence-electron chi connectivity index (χ1n) is 7.27. The summed E-state index contributed by atoms with van der Waals surface area (Å²) in [6, 6.07) is 10.6. The van der Waals surface area contributed by atoms with Gasteiger partial charge >= 0.3 is 0 Å². The van der Waals surface area contributed by atoms with Gasteiger partial charge < -0.3 is 15.8 Å². The second-order valence-electron chi connectivity index (χ2n) is 6.36. The van der Waals surface area contributed by atoms with E-state index < -0.39 is 0 Å². The first-order valence-corrected chi connectivity index (χ1v) is 8.06. The second-order valence-corrected chi connectivity index (χ2v) is 7.28. The summed E-state index contributed by atoms with van der Waals surface area (Å²) in [5.74, 6) is 0.464. The van der Waals surface area contributed by atoms with Crippen LogP contribution in [0.4, 0.5) is 11.4 Å². The minimum Gasteiger partial charge on any atom is -0.494 e. The van der Waals surface area contributed by atoms with Gasteiger partial charge in [0.25, 0.3) is 5.91 Å². The van der Waals surface area contributed by atoms with E-state index in [2.05, 4.69) is 42.0 Å². The van der Waals surface area contributed by atoms with Crippen LogP contribution in [0, 0.1) is 0 Å². The van der Waals surface area contributed by atoms with E-state index in [0.29, 0.717) is 22.7 Å². The number of carbonyl (C=O) groups is 1. The van der Waals surface area contributed by atoms with Crippen LogP contribution < -0.4 is 15.8 Å². The van der Waals surface area contributed by atoms with Gasteiger partial charge in [-0.25, -0.2) is 0 Å². The molecule has 0 fully saturated rings. The lowest BCUT2D eigenvalue weighted by atomic mass is 9.86. The Balaban J connectivity index is 2.41. The largest absolute Gasteiger partial charge is 0.494 e. The van der Waals surface area contributed by atoms with Gasteiger partial charge in [0, 0.05) is 21.3 Å². The van der Waals surface area contributed by atoms with Gasteiger partial charge in [-0.05, 0) is 41.8 Å². The Morgan fingerprint density at radius 2 is 1.78 bits per heavy atom. The molecule has 0 saturated heterocycles. The summed E-state index contributed by atoms with van der Waals surface area (Å²) in [5, 5.41) is 2.92. The molecule has 0 unspecified atom stereocenters. The van der Waals surface area contributed by atoms with Crippen LogP contribution in [0.15, 0.2) is 40.9 Å². The normalized spacial score (nSPS) is 11.2. The Morgan fingerprint density at radius 3 is 2.30 bits per heavy atom. The lowest BCUT2D eigenvalue weighted by Crippen LogP contribution is -2.17. The molecule has 0 atom stereocenters. The second kappa shape index (κ2) is 6.62. The molecular formula is C18H21BrN2O2. The number of nitrogens with one attached hydrogen (secondary N) is 1. The maximum absolute atomic E-state index is 12.4. The molecule has 5 heteroatoms. The quantitative estimate of drug-likeness (QED) is 0.769. The van der Waals surface area contributed by atoms with Gasteiger partial charge in [0.1, 0.15) is 5.75 Å². The van der Waals surface area contributed by atoms with Crippen molar-refractivity contribution >= 4 is 33.2 Å². The van der Waals surface area contributed by atoms with Gasteiger partial charge in [-0.15, -0.1) is 0 Å². The average molecular weight is 377 g/mol. The summed E-state index contributed by atoms with van der Waals surface area (Å²) in [5.41, 5.74) is 8.35. The van der Waals surface area contributed by atoms with Crippen LogP contribution >= 0.6 is 15.9 Å². The Kier molecular flexibility index (Phi) is 5.00. The number of halogens is 1. The number of nitrogen functional groups attached to an aromatic ring is 1. The Bertz CT molecular complexity index is 719. The number of hydrogen-bond acceptors (Lipinski definition) is 3. The number of carbonyl (C=O) groups excluding carboxylic acids is 1. The van der Waals surface area contributed by atoms with Crippen LogP contribution in [0.3, 0.4) is 0 Å². The van der Waals surface area contributed by atoms with Gasteiger partial charge in [0.2, 0.25) is 0 Å². The smallest absolute Gasteiger partial charge is 0.255 e. The molecule has 0 aliphatic heterocycles. The SMILES string of the molecule is COc1c(NC(=O)c2ccc(N)cc2)cc(Br)cc1C(C)(C)C. The van der Waals surface area contributed by atoms with E-state index in [4.69, 9.17) is 10.5 Å². The molecule has 2 rings (SSSR count). The van der Waals surface area contributed by atoms with E-state index in [0.717, 1.165) is 10.0 Å². The molecule has 23 heavy (non-hydrogen) atoms. The third-order valence-electron chi connectivity index (χ3n) is 3.49. The number of nitrogens with two attached hydrogens (primary N) is 1. The number of hydrogen-bond donors (Lipinski definition) is 2. The predicted molar refractivity (Wildman–Crippen MR) is 98.2 cm³/mol. The van der Waals surface area contributed by atoms with Gasteiger partial charge in [-0.2, -0.15) is 0 Å². The van der Waals surface area contributed by atoms with Crippen molar-refractivity contribution in [3.63, 3.8) is 0 Å². The lowest BCUT2D eigenvalue weighted by Gasteiger charge is -2.24. The summed E-state index contributed by atoms with van der Waals surface area (Å²) < 4.78 is 6.44. The first kappa shape index (κ1) is 17.3. The molecule has 0 radical (unpaired) electrons.